The van der Waals surface area contributed by atoms with Crippen molar-refractivity contribution in [2.24, 2.45) is 7.05 Å². The number of carbonyl (C=O) groups excluding carboxylic acids is 1. The highest BCUT2D eigenvalue weighted by molar-refractivity contribution is 6.30. The maximum Gasteiger partial charge on any atom is 0.262 e. The van der Waals surface area contributed by atoms with E-state index in [0.29, 0.717) is 16.2 Å². The van der Waals surface area contributed by atoms with Crippen LogP contribution in [0.25, 0.3) is 28.2 Å². The average molecular weight is 431 g/mol. The number of hydrogen-bond donors (Lipinski definition) is 2. The second-order valence-corrected chi connectivity index (χ2v) is 7.62. The number of aromatic nitrogens is 4. The molecule has 1 amide bonds. The molecule has 0 aliphatic rings. The summed E-state index contributed by atoms with van der Waals surface area (Å²) in [6.07, 6.45) is 8.72. The van der Waals surface area contributed by atoms with Crippen LogP contribution in [0.3, 0.4) is 0 Å². The van der Waals surface area contributed by atoms with Crippen molar-refractivity contribution in [2.75, 3.05) is 0 Å². The van der Waals surface area contributed by atoms with Gasteiger partial charge in [-0.3, -0.25) is 9.48 Å². The number of carbonyl (C=O) groups is 1. The van der Waals surface area contributed by atoms with Crippen LogP contribution in [0.4, 0.5) is 0 Å². The number of aryl methyl sites for hydroxylation is 1. The zero-order valence-corrected chi connectivity index (χ0v) is 17.7. The molecule has 3 heterocycles. The van der Waals surface area contributed by atoms with Gasteiger partial charge < -0.3 is 10.3 Å². The molecule has 0 aliphatic carbocycles. The van der Waals surface area contributed by atoms with Crippen molar-refractivity contribution < 1.29 is 4.79 Å². The molecule has 0 saturated carbocycles. The predicted molar refractivity (Wildman–Crippen MR) is 120 cm³/mol. The number of amides is 1. The molecule has 0 radical (unpaired) electrons. The molecule has 4 aromatic rings. The van der Waals surface area contributed by atoms with Gasteiger partial charge in [-0.05, 0) is 36.8 Å². The number of nitrogens with one attached hydrogen (secondary N) is 2. The molecule has 154 valence electrons. The number of fused-ring (bicyclic) bond motifs is 1. The Hall–Kier alpha value is -3.89. The Labute approximate surface area is 184 Å². The van der Waals surface area contributed by atoms with E-state index in [1.54, 1.807) is 41.5 Å². The maximum atomic E-state index is 12.7. The first kappa shape index (κ1) is 20.4. The lowest BCUT2D eigenvalue weighted by Crippen LogP contribution is -2.27. The SMILES string of the molecule is C[C@@H](NC(=O)/C(C#N)=C/c1c[nH]c2ncc(-c3cnn(C)c3)cc12)c1ccc(Cl)cc1. The van der Waals surface area contributed by atoms with Crippen molar-refractivity contribution in [2.45, 2.75) is 13.0 Å². The molecule has 0 aliphatic heterocycles. The van der Waals surface area contributed by atoms with Gasteiger partial charge in [-0.2, -0.15) is 10.4 Å². The van der Waals surface area contributed by atoms with Gasteiger partial charge >= 0.3 is 0 Å². The van der Waals surface area contributed by atoms with E-state index in [9.17, 15) is 10.1 Å². The molecule has 0 saturated heterocycles. The minimum atomic E-state index is -0.448. The van der Waals surface area contributed by atoms with Crippen LogP contribution in [0.15, 0.2) is 60.7 Å². The number of nitrogens with zero attached hydrogens (tertiary/aromatic N) is 4. The second-order valence-electron chi connectivity index (χ2n) is 7.18. The number of pyridine rings is 1. The van der Waals surface area contributed by atoms with E-state index >= 15 is 0 Å². The van der Waals surface area contributed by atoms with Crippen LogP contribution < -0.4 is 5.32 Å². The summed E-state index contributed by atoms with van der Waals surface area (Å²) in [5, 5.41) is 18.1. The Morgan fingerprint density at radius 1 is 1.29 bits per heavy atom. The molecular weight excluding hydrogens is 412 g/mol. The number of H-pyrrole nitrogens is 1. The molecule has 0 unspecified atom stereocenters. The average Bonchev–Trinajstić information content (AvgIpc) is 3.38. The van der Waals surface area contributed by atoms with E-state index in [1.165, 1.54) is 0 Å². The number of hydrogen-bond acceptors (Lipinski definition) is 4. The highest BCUT2D eigenvalue weighted by Gasteiger charge is 2.15. The molecule has 0 spiro atoms. The standard InChI is InChI=1S/C23H19ClN6O/c1-14(15-3-5-20(24)6-4-15)29-23(31)16(9-25)7-18-11-27-22-21(18)8-17(10-26-22)19-12-28-30(2)13-19/h3-8,10-14H,1-2H3,(H,26,27)(H,29,31)/b16-7+/t14-/m1/s1. The van der Waals surface area contributed by atoms with Gasteiger partial charge in [0.2, 0.25) is 0 Å². The molecule has 7 nitrogen and oxygen atoms in total. The summed E-state index contributed by atoms with van der Waals surface area (Å²) in [6, 6.07) is 10.9. The number of rotatable bonds is 5. The summed E-state index contributed by atoms with van der Waals surface area (Å²) < 4.78 is 1.72. The van der Waals surface area contributed by atoms with Gasteiger partial charge in [0.1, 0.15) is 17.3 Å². The van der Waals surface area contributed by atoms with Gasteiger partial charge in [-0.15, -0.1) is 0 Å². The van der Waals surface area contributed by atoms with E-state index < -0.39 is 5.91 Å². The lowest BCUT2D eigenvalue weighted by molar-refractivity contribution is -0.117. The lowest BCUT2D eigenvalue weighted by Gasteiger charge is -2.14. The van der Waals surface area contributed by atoms with Crippen LogP contribution in [0.5, 0.6) is 0 Å². The van der Waals surface area contributed by atoms with Gasteiger partial charge in [-0.25, -0.2) is 4.98 Å². The van der Waals surface area contributed by atoms with Crippen LogP contribution in [0.2, 0.25) is 5.02 Å². The monoisotopic (exact) mass is 430 g/mol. The lowest BCUT2D eigenvalue weighted by atomic mass is 10.1. The first-order valence-electron chi connectivity index (χ1n) is 9.59. The van der Waals surface area contributed by atoms with Crippen LogP contribution in [0.1, 0.15) is 24.1 Å². The second kappa shape index (κ2) is 8.46. The Morgan fingerprint density at radius 2 is 2.06 bits per heavy atom. The van der Waals surface area contributed by atoms with Gasteiger partial charge in [0.25, 0.3) is 5.91 Å². The zero-order valence-electron chi connectivity index (χ0n) is 16.9. The summed E-state index contributed by atoms with van der Waals surface area (Å²) in [5.74, 6) is -0.448. The molecule has 1 atom stereocenters. The number of nitriles is 1. The molecule has 8 heteroatoms. The Kier molecular flexibility index (Phi) is 5.56. The Morgan fingerprint density at radius 3 is 2.74 bits per heavy atom. The van der Waals surface area contributed by atoms with Crippen LogP contribution >= 0.6 is 11.6 Å². The number of benzene rings is 1. The van der Waals surface area contributed by atoms with E-state index in [2.05, 4.69) is 20.4 Å². The quantitative estimate of drug-likeness (QED) is 0.362. The third-order valence-corrected chi connectivity index (χ3v) is 5.24. The fraction of sp³-hybridized carbons (Fsp3) is 0.130. The molecule has 0 bridgehead atoms. The first-order chi connectivity index (χ1) is 14.9. The van der Waals surface area contributed by atoms with Crippen molar-refractivity contribution in [3.8, 4) is 17.2 Å². The summed E-state index contributed by atoms with van der Waals surface area (Å²) in [5.41, 5.74) is 4.11. The molecule has 0 fully saturated rings. The van der Waals surface area contributed by atoms with Gasteiger partial charge in [-0.1, -0.05) is 23.7 Å². The summed E-state index contributed by atoms with van der Waals surface area (Å²) in [7, 11) is 1.85. The minimum absolute atomic E-state index is 0.00787. The summed E-state index contributed by atoms with van der Waals surface area (Å²) in [6.45, 7) is 1.85. The molecule has 2 N–H and O–H groups in total. The summed E-state index contributed by atoms with van der Waals surface area (Å²) >= 11 is 5.92. The van der Waals surface area contributed by atoms with Gasteiger partial charge in [0.05, 0.1) is 12.2 Å². The fourth-order valence-electron chi connectivity index (χ4n) is 3.28. The molecule has 31 heavy (non-hydrogen) atoms. The van der Waals surface area contributed by atoms with Gasteiger partial charge in [0.15, 0.2) is 0 Å². The Bertz CT molecular complexity index is 1330. The summed E-state index contributed by atoms with van der Waals surface area (Å²) in [4.78, 5) is 20.2. The van der Waals surface area contributed by atoms with Crippen molar-refractivity contribution in [1.82, 2.24) is 25.1 Å². The van der Waals surface area contributed by atoms with E-state index in [-0.39, 0.29) is 11.6 Å². The van der Waals surface area contributed by atoms with Crippen LogP contribution in [-0.4, -0.2) is 25.7 Å². The maximum absolute atomic E-state index is 12.7. The first-order valence-corrected chi connectivity index (χ1v) is 9.96. The highest BCUT2D eigenvalue weighted by atomic mass is 35.5. The largest absolute Gasteiger partial charge is 0.346 e. The van der Waals surface area contributed by atoms with Crippen LogP contribution in [-0.2, 0) is 11.8 Å². The molecule has 3 aromatic heterocycles. The topological polar surface area (TPSA) is 99.4 Å². The van der Waals surface area contributed by atoms with Crippen molar-refractivity contribution in [3.05, 3.63) is 76.8 Å². The smallest absolute Gasteiger partial charge is 0.262 e. The molecule has 1 aromatic carbocycles. The van der Waals surface area contributed by atoms with Crippen molar-refractivity contribution in [3.63, 3.8) is 0 Å². The van der Waals surface area contributed by atoms with E-state index in [1.807, 2.05) is 44.4 Å². The molecular formula is C23H19ClN6O. The minimum Gasteiger partial charge on any atom is -0.346 e. The van der Waals surface area contributed by atoms with Gasteiger partial charge in [0, 0.05) is 52.7 Å². The third-order valence-electron chi connectivity index (χ3n) is 4.98. The van der Waals surface area contributed by atoms with Crippen molar-refractivity contribution >= 4 is 34.6 Å². The fourth-order valence-corrected chi connectivity index (χ4v) is 3.41. The molecule has 4 rings (SSSR count). The predicted octanol–water partition coefficient (Wildman–Crippen LogP) is 4.40. The number of halogens is 1. The van der Waals surface area contributed by atoms with E-state index in [4.69, 9.17) is 11.6 Å². The van der Waals surface area contributed by atoms with E-state index in [0.717, 1.165) is 22.1 Å². The van der Waals surface area contributed by atoms with Crippen molar-refractivity contribution in [1.29, 1.82) is 5.26 Å². The number of aromatic amines is 1. The third kappa shape index (κ3) is 4.34. The van der Waals surface area contributed by atoms with Crippen LogP contribution in [0, 0.1) is 11.3 Å². The zero-order chi connectivity index (χ0) is 22.0. The normalized spacial score (nSPS) is 12.5. The highest BCUT2D eigenvalue weighted by Crippen LogP contribution is 2.26. The Balaban J connectivity index is 1.61.